The highest BCUT2D eigenvalue weighted by atomic mass is 32.2. The summed E-state index contributed by atoms with van der Waals surface area (Å²) in [6, 6.07) is 0. The zero-order valence-corrected chi connectivity index (χ0v) is 6.11. The van der Waals surface area contributed by atoms with Crippen LogP contribution < -0.4 is 5.73 Å². The van der Waals surface area contributed by atoms with Crippen LogP contribution >= 0.6 is 11.8 Å². The summed E-state index contributed by atoms with van der Waals surface area (Å²) in [7, 11) is 0. The molecule has 0 bridgehead atoms. The molecule has 0 spiro atoms. The van der Waals surface area contributed by atoms with Crippen molar-refractivity contribution in [2.24, 2.45) is 5.73 Å². The Morgan fingerprint density at radius 3 is 2.38 bits per heavy atom. The van der Waals surface area contributed by atoms with Crippen LogP contribution in [0.25, 0.3) is 0 Å². The maximum absolute atomic E-state index is 8.98. The van der Waals surface area contributed by atoms with Gasteiger partial charge in [-0.05, 0) is 6.26 Å². The quantitative estimate of drug-likeness (QED) is 0.575. The third-order valence-corrected chi connectivity index (χ3v) is 2.21. The lowest BCUT2D eigenvalue weighted by Gasteiger charge is -2.12. The SMILES string of the molecule is CS[C@H](C)C(O)CN. The number of rotatable bonds is 3. The number of aliphatic hydroxyl groups excluding tert-OH is 1. The molecule has 0 heterocycles. The van der Waals surface area contributed by atoms with E-state index >= 15 is 0 Å². The molecule has 3 N–H and O–H groups in total. The summed E-state index contributed by atoms with van der Waals surface area (Å²) >= 11 is 1.63. The molecule has 0 amide bonds. The third-order valence-electron chi connectivity index (χ3n) is 1.16. The van der Waals surface area contributed by atoms with Crippen LogP contribution in [0, 0.1) is 0 Å². The lowest BCUT2D eigenvalue weighted by molar-refractivity contribution is 0.184. The molecular formula is C5H13NOS. The second kappa shape index (κ2) is 4.18. The van der Waals surface area contributed by atoms with Crippen molar-refractivity contribution in [2.45, 2.75) is 18.3 Å². The molecule has 0 aromatic heterocycles. The summed E-state index contributed by atoms with van der Waals surface area (Å²) in [6.45, 7) is 2.32. The van der Waals surface area contributed by atoms with Gasteiger partial charge in [0.15, 0.2) is 0 Å². The number of nitrogens with two attached hydrogens (primary N) is 1. The van der Waals surface area contributed by atoms with E-state index in [1.54, 1.807) is 11.8 Å². The second-order valence-corrected chi connectivity index (χ2v) is 2.96. The summed E-state index contributed by atoms with van der Waals surface area (Å²) in [6.07, 6.45) is 1.62. The van der Waals surface area contributed by atoms with Crippen LogP contribution in [-0.4, -0.2) is 29.3 Å². The molecule has 0 radical (unpaired) electrons. The minimum Gasteiger partial charge on any atom is -0.391 e. The first kappa shape index (κ1) is 8.27. The fraction of sp³-hybridized carbons (Fsp3) is 1.00. The number of aliphatic hydroxyl groups is 1. The van der Waals surface area contributed by atoms with Crippen LogP contribution in [0.3, 0.4) is 0 Å². The van der Waals surface area contributed by atoms with E-state index in [0.29, 0.717) is 6.54 Å². The smallest absolute Gasteiger partial charge is 0.0777 e. The number of hydrogen-bond acceptors (Lipinski definition) is 3. The number of hydrogen-bond donors (Lipinski definition) is 2. The Hall–Kier alpha value is 0.270. The fourth-order valence-corrected chi connectivity index (χ4v) is 0.774. The normalized spacial score (nSPS) is 18.0. The molecule has 0 rings (SSSR count). The third kappa shape index (κ3) is 2.55. The van der Waals surface area contributed by atoms with Crippen LogP contribution in [-0.2, 0) is 0 Å². The van der Waals surface area contributed by atoms with Gasteiger partial charge in [0.05, 0.1) is 6.10 Å². The van der Waals surface area contributed by atoms with Crippen molar-refractivity contribution in [1.29, 1.82) is 0 Å². The monoisotopic (exact) mass is 135 g/mol. The molecule has 2 nitrogen and oxygen atoms in total. The minimum absolute atomic E-state index is 0.264. The van der Waals surface area contributed by atoms with Crippen molar-refractivity contribution in [3.63, 3.8) is 0 Å². The molecule has 0 aliphatic heterocycles. The van der Waals surface area contributed by atoms with Crippen molar-refractivity contribution in [3.8, 4) is 0 Å². The number of thioether (sulfide) groups is 1. The summed E-state index contributed by atoms with van der Waals surface area (Å²) < 4.78 is 0. The Labute approximate surface area is 54.5 Å². The second-order valence-electron chi connectivity index (χ2n) is 1.74. The van der Waals surface area contributed by atoms with Crippen molar-refractivity contribution in [2.75, 3.05) is 12.8 Å². The van der Waals surface area contributed by atoms with Crippen molar-refractivity contribution < 1.29 is 5.11 Å². The van der Waals surface area contributed by atoms with E-state index in [4.69, 9.17) is 10.8 Å². The molecule has 8 heavy (non-hydrogen) atoms. The van der Waals surface area contributed by atoms with Crippen molar-refractivity contribution in [3.05, 3.63) is 0 Å². The molecule has 2 atom stereocenters. The predicted octanol–water partition coefficient (Wildman–Crippen LogP) is 0.0575. The van der Waals surface area contributed by atoms with Crippen LogP contribution in [0.2, 0.25) is 0 Å². The van der Waals surface area contributed by atoms with Gasteiger partial charge in [-0.25, -0.2) is 0 Å². The van der Waals surface area contributed by atoms with Gasteiger partial charge in [-0.15, -0.1) is 0 Å². The maximum Gasteiger partial charge on any atom is 0.0777 e. The average molecular weight is 135 g/mol. The van der Waals surface area contributed by atoms with E-state index in [1.807, 2.05) is 13.2 Å². The van der Waals surface area contributed by atoms with Crippen LogP contribution in [0.4, 0.5) is 0 Å². The van der Waals surface area contributed by atoms with Gasteiger partial charge in [-0.3, -0.25) is 0 Å². The van der Waals surface area contributed by atoms with Gasteiger partial charge in [0.2, 0.25) is 0 Å². The van der Waals surface area contributed by atoms with Gasteiger partial charge < -0.3 is 10.8 Å². The molecule has 0 saturated heterocycles. The maximum atomic E-state index is 8.98. The van der Waals surface area contributed by atoms with Crippen LogP contribution in [0.15, 0.2) is 0 Å². The van der Waals surface area contributed by atoms with Gasteiger partial charge in [0, 0.05) is 11.8 Å². The molecule has 50 valence electrons. The van der Waals surface area contributed by atoms with Crippen LogP contribution in [0.1, 0.15) is 6.92 Å². The summed E-state index contributed by atoms with van der Waals surface area (Å²) in [5, 5.41) is 9.24. The van der Waals surface area contributed by atoms with E-state index in [9.17, 15) is 0 Å². The highest BCUT2D eigenvalue weighted by molar-refractivity contribution is 7.99. The van der Waals surface area contributed by atoms with E-state index in [1.165, 1.54) is 0 Å². The summed E-state index contributed by atoms with van der Waals surface area (Å²) in [5.41, 5.74) is 5.19. The van der Waals surface area contributed by atoms with Crippen molar-refractivity contribution >= 4 is 11.8 Å². The van der Waals surface area contributed by atoms with Crippen LogP contribution in [0.5, 0.6) is 0 Å². The van der Waals surface area contributed by atoms with Crippen molar-refractivity contribution in [1.82, 2.24) is 0 Å². The predicted molar refractivity (Wildman–Crippen MR) is 38.0 cm³/mol. The van der Waals surface area contributed by atoms with Gasteiger partial charge in [0.25, 0.3) is 0 Å². The molecular weight excluding hydrogens is 122 g/mol. The average Bonchev–Trinajstić information content (AvgIpc) is 1.84. The van der Waals surface area contributed by atoms with E-state index in [2.05, 4.69) is 0 Å². The zero-order valence-electron chi connectivity index (χ0n) is 5.29. The standard InChI is InChI=1S/C5H13NOS/c1-4(8-2)5(7)3-6/h4-5,7H,3,6H2,1-2H3/t4-,5?/m1/s1. The Morgan fingerprint density at radius 2 is 2.25 bits per heavy atom. The molecule has 0 saturated carbocycles. The van der Waals surface area contributed by atoms with Gasteiger partial charge in [-0.2, -0.15) is 11.8 Å². The molecule has 0 aliphatic rings. The first-order chi connectivity index (χ1) is 3.72. The van der Waals surface area contributed by atoms with Gasteiger partial charge in [0.1, 0.15) is 0 Å². The van der Waals surface area contributed by atoms with Gasteiger partial charge >= 0.3 is 0 Å². The van der Waals surface area contributed by atoms with E-state index in [-0.39, 0.29) is 11.4 Å². The topological polar surface area (TPSA) is 46.2 Å². The Morgan fingerprint density at radius 1 is 1.75 bits per heavy atom. The fourth-order valence-electron chi connectivity index (χ4n) is 0.349. The lowest BCUT2D eigenvalue weighted by Crippen LogP contribution is -2.28. The summed E-state index contributed by atoms with van der Waals surface area (Å²) in [4.78, 5) is 0. The lowest BCUT2D eigenvalue weighted by atomic mass is 10.3. The molecule has 0 aliphatic carbocycles. The van der Waals surface area contributed by atoms with E-state index < -0.39 is 0 Å². The summed E-state index contributed by atoms with van der Waals surface area (Å²) in [5.74, 6) is 0. The minimum atomic E-state index is -0.343. The highest BCUT2D eigenvalue weighted by Gasteiger charge is 2.08. The highest BCUT2D eigenvalue weighted by Crippen LogP contribution is 2.08. The Balaban J connectivity index is 3.29. The molecule has 3 heteroatoms. The van der Waals surface area contributed by atoms with E-state index in [0.717, 1.165) is 0 Å². The molecule has 0 aromatic rings. The Bertz CT molecular complexity index is 52.4. The largest absolute Gasteiger partial charge is 0.391 e. The Kier molecular flexibility index (Phi) is 4.32. The molecule has 0 aromatic carbocycles. The first-order valence-electron chi connectivity index (χ1n) is 2.63. The molecule has 1 unspecified atom stereocenters. The van der Waals surface area contributed by atoms with Gasteiger partial charge in [-0.1, -0.05) is 6.92 Å². The molecule has 0 fully saturated rings. The zero-order chi connectivity index (χ0) is 6.57. The first-order valence-corrected chi connectivity index (χ1v) is 3.92.